The number of alkyl halides is 1. The standard InChI is InChI=1S/C14H17Cl2N3O/c1-8(15)12-18-10-5-4-9(16)6-11(10)19(12)7-14(2,3)13(17)20/h4-6,8H,7H2,1-3H3,(H2,17,20). The van der Waals surface area contributed by atoms with E-state index in [1.54, 1.807) is 19.9 Å². The Balaban J connectivity index is 2.62. The molecule has 2 aromatic rings. The van der Waals surface area contributed by atoms with Gasteiger partial charge in [0, 0.05) is 11.6 Å². The Morgan fingerprint density at radius 2 is 2.15 bits per heavy atom. The van der Waals surface area contributed by atoms with Crippen LogP contribution in [-0.4, -0.2) is 15.5 Å². The van der Waals surface area contributed by atoms with Crippen LogP contribution in [-0.2, 0) is 11.3 Å². The number of hydrogen-bond acceptors (Lipinski definition) is 2. The molecular weight excluding hydrogens is 297 g/mol. The number of carbonyl (C=O) groups excluding carboxylic acids is 1. The summed E-state index contributed by atoms with van der Waals surface area (Å²) in [4.78, 5) is 16.1. The number of fused-ring (bicyclic) bond motifs is 1. The lowest BCUT2D eigenvalue weighted by molar-refractivity contribution is -0.126. The number of amides is 1. The van der Waals surface area contributed by atoms with E-state index < -0.39 is 5.41 Å². The molecule has 6 heteroatoms. The van der Waals surface area contributed by atoms with Gasteiger partial charge in [0.2, 0.25) is 5.91 Å². The summed E-state index contributed by atoms with van der Waals surface area (Å²) in [6.07, 6.45) is 0. The Kier molecular flexibility index (Phi) is 3.98. The molecule has 2 N–H and O–H groups in total. The first-order valence-electron chi connectivity index (χ1n) is 6.32. The van der Waals surface area contributed by atoms with Crippen molar-refractivity contribution in [3.05, 3.63) is 29.0 Å². The van der Waals surface area contributed by atoms with Crippen LogP contribution in [0.5, 0.6) is 0 Å². The first-order chi connectivity index (χ1) is 9.22. The molecule has 20 heavy (non-hydrogen) atoms. The van der Waals surface area contributed by atoms with Crippen LogP contribution < -0.4 is 5.73 Å². The summed E-state index contributed by atoms with van der Waals surface area (Å²) in [6, 6.07) is 5.45. The zero-order valence-electron chi connectivity index (χ0n) is 11.7. The Morgan fingerprint density at radius 1 is 1.50 bits per heavy atom. The summed E-state index contributed by atoms with van der Waals surface area (Å²) in [5.41, 5.74) is 6.42. The quantitative estimate of drug-likeness (QED) is 0.878. The van der Waals surface area contributed by atoms with Crippen molar-refractivity contribution < 1.29 is 4.79 Å². The first kappa shape index (κ1) is 15.1. The molecule has 0 aliphatic carbocycles. The number of hydrogen-bond donors (Lipinski definition) is 1. The first-order valence-corrected chi connectivity index (χ1v) is 7.13. The summed E-state index contributed by atoms with van der Waals surface area (Å²) < 4.78 is 1.92. The van der Waals surface area contributed by atoms with Crippen molar-refractivity contribution in [2.45, 2.75) is 32.7 Å². The number of benzene rings is 1. The zero-order valence-corrected chi connectivity index (χ0v) is 13.2. The normalized spacial score (nSPS) is 13.7. The molecule has 4 nitrogen and oxygen atoms in total. The smallest absolute Gasteiger partial charge is 0.224 e. The highest BCUT2D eigenvalue weighted by atomic mass is 35.5. The number of nitrogens with two attached hydrogens (primary N) is 1. The Morgan fingerprint density at radius 3 is 2.70 bits per heavy atom. The van der Waals surface area contributed by atoms with Gasteiger partial charge in [-0.25, -0.2) is 4.98 Å². The summed E-state index contributed by atoms with van der Waals surface area (Å²) >= 11 is 12.2. The van der Waals surface area contributed by atoms with Gasteiger partial charge in [0.25, 0.3) is 0 Å². The van der Waals surface area contributed by atoms with Crippen LogP contribution in [0, 0.1) is 5.41 Å². The van der Waals surface area contributed by atoms with Gasteiger partial charge in [-0.2, -0.15) is 0 Å². The van der Waals surface area contributed by atoms with E-state index in [9.17, 15) is 4.79 Å². The Bertz CT molecular complexity index is 662. The predicted molar refractivity (Wildman–Crippen MR) is 82.0 cm³/mol. The molecule has 0 saturated carbocycles. The van der Waals surface area contributed by atoms with Crippen LogP contribution >= 0.6 is 23.2 Å². The van der Waals surface area contributed by atoms with Gasteiger partial charge in [-0.15, -0.1) is 11.6 Å². The van der Waals surface area contributed by atoms with Crippen LogP contribution in [0.25, 0.3) is 11.0 Å². The molecule has 0 radical (unpaired) electrons. The van der Waals surface area contributed by atoms with Crippen molar-refractivity contribution in [2.24, 2.45) is 11.1 Å². The topological polar surface area (TPSA) is 60.9 Å². The van der Waals surface area contributed by atoms with E-state index in [2.05, 4.69) is 4.98 Å². The maximum Gasteiger partial charge on any atom is 0.224 e. The summed E-state index contributed by atoms with van der Waals surface area (Å²) in [5, 5.41) is 0.342. The molecule has 1 unspecified atom stereocenters. The molecule has 0 saturated heterocycles. The van der Waals surface area contributed by atoms with Gasteiger partial charge < -0.3 is 10.3 Å². The van der Waals surface area contributed by atoms with Crippen molar-refractivity contribution in [3.63, 3.8) is 0 Å². The van der Waals surface area contributed by atoms with Gasteiger partial charge in [-0.1, -0.05) is 11.6 Å². The van der Waals surface area contributed by atoms with Gasteiger partial charge in [-0.05, 0) is 39.0 Å². The number of halogens is 2. The summed E-state index contributed by atoms with van der Waals surface area (Å²) in [6.45, 7) is 5.85. The molecule has 1 aromatic heterocycles. The van der Waals surface area contributed by atoms with E-state index in [4.69, 9.17) is 28.9 Å². The van der Waals surface area contributed by atoms with E-state index >= 15 is 0 Å². The fourth-order valence-corrected chi connectivity index (χ4v) is 2.39. The minimum atomic E-state index is -0.698. The van der Waals surface area contributed by atoms with E-state index in [1.807, 2.05) is 23.6 Å². The number of carbonyl (C=O) groups is 1. The molecule has 0 bridgehead atoms. The molecule has 0 fully saturated rings. The van der Waals surface area contributed by atoms with E-state index in [1.165, 1.54) is 0 Å². The van der Waals surface area contributed by atoms with Crippen LogP contribution in [0.15, 0.2) is 18.2 Å². The van der Waals surface area contributed by atoms with Crippen LogP contribution in [0.4, 0.5) is 0 Å². The lowest BCUT2D eigenvalue weighted by Gasteiger charge is -2.23. The van der Waals surface area contributed by atoms with Gasteiger partial charge in [0.05, 0.1) is 21.8 Å². The van der Waals surface area contributed by atoms with Gasteiger partial charge >= 0.3 is 0 Å². The predicted octanol–water partition coefficient (Wildman–Crippen LogP) is 3.50. The van der Waals surface area contributed by atoms with Crippen molar-refractivity contribution in [1.29, 1.82) is 0 Å². The monoisotopic (exact) mass is 313 g/mol. The lowest BCUT2D eigenvalue weighted by Crippen LogP contribution is -2.35. The highest BCUT2D eigenvalue weighted by molar-refractivity contribution is 6.31. The number of aromatic nitrogens is 2. The second-order valence-electron chi connectivity index (χ2n) is 5.55. The minimum Gasteiger partial charge on any atom is -0.369 e. The van der Waals surface area contributed by atoms with Crippen molar-refractivity contribution in [1.82, 2.24) is 9.55 Å². The molecule has 1 heterocycles. The van der Waals surface area contributed by atoms with Gasteiger partial charge in [-0.3, -0.25) is 4.79 Å². The third-order valence-electron chi connectivity index (χ3n) is 3.32. The number of primary amides is 1. The van der Waals surface area contributed by atoms with Crippen molar-refractivity contribution in [2.75, 3.05) is 0 Å². The molecule has 0 aliphatic rings. The van der Waals surface area contributed by atoms with Crippen LogP contribution in [0.2, 0.25) is 5.02 Å². The third-order valence-corrected chi connectivity index (χ3v) is 3.75. The van der Waals surface area contributed by atoms with Crippen LogP contribution in [0.3, 0.4) is 0 Å². The van der Waals surface area contributed by atoms with E-state index in [0.717, 1.165) is 11.0 Å². The fourth-order valence-electron chi connectivity index (χ4n) is 2.06. The van der Waals surface area contributed by atoms with Crippen LogP contribution in [0.1, 0.15) is 32.0 Å². The third kappa shape index (κ3) is 2.76. The summed E-state index contributed by atoms with van der Waals surface area (Å²) in [5.74, 6) is 0.341. The van der Waals surface area contributed by atoms with Gasteiger partial charge in [0.1, 0.15) is 5.82 Å². The molecule has 0 spiro atoms. The highest BCUT2D eigenvalue weighted by Gasteiger charge is 2.28. The summed E-state index contributed by atoms with van der Waals surface area (Å²) in [7, 11) is 0. The number of imidazole rings is 1. The molecule has 1 atom stereocenters. The molecule has 108 valence electrons. The van der Waals surface area contributed by atoms with E-state index in [-0.39, 0.29) is 11.3 Å². The van der Waals surface area contributed by atoms with Gasteiger partial charge in [0.15, 0.2) is 0 Å². The fraction of sp³-hybridized carbons (Fsp3) is 0.429. The molecule has 0 aliphatic heterocycles. The molecule has 2 rings (SSSR count). The average Bonchev–Trinajstić information content (AvgIpc) is 2.67. The largest absolute Gasteiger partial charge is 0.369 e. The van der Waals surface area contributed by atoms with E-state index in [0.29, 0.717) is 17.4 Å². The molecular formula is C14H17Cl2N3O. The Labute approximate surface area is 127 Å². The average molecular weight is 314 g/mol. The maximum atomic E-state index is 11.6. The molecule has 1 amide bonds. The SMILES string of the molecule is CC(Cl)c1nc2ccc(Cl)cc2n1CC(C)(C)C(N)=O. The highest BCUT2D eigenvalue weighted by Crippen LogP contribution is 2.30. The second-order valence-corrected chi connectivity index (χ2v) is 6.64. The zero-order chi connectivity index (χ0) is 15.1. The Hall–Kier alpha value is -1.26. The van der Waals surface area contributed by atoms with Crippen molar-refractivity contribution >= 4 is 40.1 Å². The minimum absolute atomic E-state index is 0.273. The van der Waals surface area contributed by atoms with Crippen molar-refractivity contribution in [3.8, 4) is 0 Å². The second kappa shape index (κ2) is 5.26. The molecule has 1 aromatic carbocycles. The maximum absolute atomic E-state index is 11.6. The number of rotatable bonds is 4. The number of nitrogens with zero attached hydrogens (tertiary/aromatic N) is 2. The lowest BCUT2D eigenvalue weighted by atomic mass is 9.92.